The number of ether oxygens (including phenoxy) is 1. The summed E-state index contributed by atoms with van der Waals surface area (Å²) in [5, 5.41) is 8.78. The van der Waals surface area contributed by atoms with Crippen molar-refractivity contribution in [1.82, 2.24) is 10.4 Å². The highest BCUT2D eigenvalue weighted by molar-refractivity contribution is 9.10. The molecule has 1 aromatic rings. The SMILES string of the molecule is CN(NC(=N)c1ccc(Br)cc1F)C(=O)OC(C)(C)C.Cl. The van der Waals surface area contributed by atoms with E-state index in [0.29, 0.717) is 4.47 Å². The Hall–Kier alpha value is -1.34. The molecule has 0 saturated carbocycles. The number of amidine groups is 1. The fourth-order valence-corrected chi connectivity index (χ4v) is 1.63. The quantitative estimate of drug-likeness (QED) is 0.442. The Morgan fingerprint density at radius 3 is 2.48 bits per heavy atom. The summed E-state index contributed by atoms with van der Waals surface area (Å²) in [6.07, 6.45) is -0.653. The Balaban J connectivity index is 0.00000400. The second kappa shape index (κ2) is 7.61. The minimum absolute atomic E-state index is 0. The van der Waals surface area contributed by atoms with Gasteiger partial charge in [0.25, 0.3) is 0 Å². The average molecular weight is 383 g/mol. The fraction of sp³-hybridized carbons (Fsp3) is 0.385. The second-order valence-electron chi connectivity index (χ2n) is 5.15. The second-order valence-corrected chi connectivity index (χ2v) is 6.07. The molecule has 1 aromatic carbocycles. The standard InChI is InChI=1S/C13H17BrFN3O2.ClH/c1-13(2,3)20-12(19)18(4)17-11(16)9-6-5-8(14)7-10(9)15;/h5-7H,1-4H3,(H2,16,17);1H. The highest BCUT2D eigenvalue weighted by atomic mass is 79.9. The van der Waals surface area contributed by atoms with Crippen LogP contribution in [0.3, 0.4) is 0 Å². The molecule has 5 nitrogen and oxygen atoms in total. The molecule has 0 atom stereocenters. The van der Waals surface area contributed by atoms with E-state index in [1.807, 2.05) is 0 Å². The first-order valence-electron chi connectivity index (χ1n) is 5.87. The number of benzene rings is 1. The van der Waals surface area contributed by atoms with Crippen LogP contribution in [0, 0.1) is 11.2 Å². The molecule has 0 aliphatic rings. The molecule has 118 valence electrons. The first-order valence-corrected chi connectivity index (χ1v) is 6.67. The Morgan fingerprint density at radius 2 is 2.00 bits per heavy atom. The Morgan fingerprint density at radius 1 is 1.43 bits per heavy atom. The number of halogens is 3. The van der Waals surface area contributed by atoms with E-state index in [9.17, 15) is 9.18 Å². The Labute approximate surface area is 137 Å². The number of nitrogens with one attached hydrogen (secondary N) is 2. The van der Waals surface area contributed by atoms with E-state index in [-0.39, 0.29) is 23.8 Å². The number of rotatable bonds is 1. The van der Waals surface area contributed by atoms with E-state index < -0.39 is 17.5 Å². The Kier molecular flexibility index (Phi) is 7.12. The summed E-state index contributed by atoms with van der Waals surface area (Å²) in [7, 11) is 1.40. The van der Waals surface area contributed by atoms with Gasteiger partial charge in [0.15, 0.2) is 0 Å². The normalized spacial score (nSPS) is 10.4. The fourth-order valence-electron chi connectivity index (χ4n) is 1.30. The zero-order valence-electron chi connectivity index (χ0n) is 12.2. The van der Waals surface area contributed by atoms with Crippen LogP contribution in [-0.2, 0) is 4.74 Å². The molecule has 0 aromatic heterocycles. The number of carbonyl (C=O) groups is 1. The molecule has 0 bridgehead atoms. The van der Waals surface area contributed by atoms with Crippen molar-refractivity contribution in [2.24, 2.45) is 0 Å². The van der Waals surface area contributed by atoms with Crippen molar-refractivity contribution in [1.29, 1.82) is 5.41 Å². The van der Waals surface area contributed by atoms with E-state index in [0.717, 1.165) is 5.01 Å². The molecular weight excluding hydrogens is 365 g/mol. The van der Waals surface area contributed by atoms with Gasteiger partial charge in [-0.05, 0) is 39.0 Å². The van der Waals surface area contributed by atoms with Gasteiger partial charge in [-0.2, -0.15) is 0 Å². The summed E-state index contributed by atoms with van der Waals surface area (Å²) in [4.78, 5) is 11.7. The van der Waals surface area contributed by atoms with Gasteiger partial charge in [0.2, 0.25) is 0 Å². The first kappa shape index (κ1) is 19.7. The van der Waals surface area contributed by atoms with Crippen molar-refractivity contribution in [2.45, 2.75) is 26.4 Å². The van der Waals surface area contributed by atoms with Crippen LogP contribution in [0.5, 0.6) is 0 Å². The molecule has 0 aliphatic heterocycles. The number of hydrazine groups is 1. The largest absolute Gasteiger partial charge is 0.442 e. The number of nitrogens with zero attached hydrogens (tertiary/aromatic N) is 1. The molecular formula is C13H18BrClFN3O2. The lowest BCUT2D eigenvalue weighted by Crippen LogP contribution is -2.45. The molecule has 0 unspecified atom stereocenters. The molecule has 8 heteroatoms. The first-order chi connectivity index (χ1) is 9.10. The van der Waals surface area contributed by atoms with Gasteiger partial charge >= 0.3 is 6.09 Å². The molecule has 21 heavy (non-hydrogen) atoms. The summed E-state index contributed by atoms with van der Waals surface area (Å²) < 4.78 is 19.4. The molecule has 0 fully saturated rings. The third-order valence-corrected chi connectivity index (χ3v) is 2.64. The van der Waals surface area contributed by atoms with E-state index in [4.69, 9.17) is 10.1 Å². The van der Waals surface area contributed by atoms with Gasteiger partial charge in [-0.1, -0.05) is 15.9 Å². The molecule has 0 radical (unpaired) electrons. The number of hydrogen-bond acceptors (Lipinski definition) is 3. The van der Waals surface area contributed by atoms with Crippen LogP contribution in [0.1, 0.15) is 26.3 Å². The molecule has 2 N–H and O–H groups in total. The topological polar surface area (TPSA) is 65.4 Å². The molecule has 0 heterocycles. The highest BCUT2D eigenvalue weighted by Gasteiger charge is 2.21. The lowest BCUT2D eigenvalue weighted by molar-refractivity contribution is 0.0250. The number of carbonyl (C=O) groups excluding carboxylic acids is 1. The summed E-state index contributed by atoms with van der Waals surface area (Å²) in [6, 6.07) is 4.30. The van der Waals surface area contributed by atoms with Crippen LogP contribution in [0.4, 0.5) is 9.18 Å². The molecule has 0 aliphatic carbocycles. The third kappa shape index (κ3) is 6.31. The van der Waals surface area contributed by atoms with Crippen LogP contribution in [-0.4, -0.2) is 29.6 Å². The van der Waals surface area contributed by atoms with Gasteiger partial charge in [0, 0.05) is 11.5 Å². The number of hydrogen-bond donors (Lipinski definition) is 2. The van der Waals surface area contributed by atoms with Crippen molar-refractivity contribution in [3.63, 3.8) is 0 Å². The van der Waals surface area contributed by atoms with E-state index in [1.54, 1.807) is 26.8 Å². The Bertz CT molecular complexity index is 535. The van der Waals surface area contributed by atoms with Crippen LogP contribution in [0.15, 0.2) is 22.7 Å². The van der Waals surface area contributed by atoms with Crippen molar-refractivity contribution in [3.8, 4) is 0 Å². The minimum atomic E-state index is -0.653. The monoisotopic (exact) mass is 381 g/mol. The lowest BCUT2D eigenvalue weighted by atomic mass is 10.2. The molecule has 0 saturated heterocycles. The average Bonchev–Trinajstić information content (AvgIpc) is 2.26. The zero-order chi connectivity index (χ0) is 15.5. The van der Waals surface area contributed by atoms with E-state index in [2.05, 4.69) is 21.4 Å². The van der Waals surface area contributed by atoms with Crippen molar-refractivity contribution in [2.75, 3.05) is 7.05 Å². The van der Waals surface area contributed by atoms with Gasteiger partial charge in [-0.3, -0.25) is 10.8 Å². The van der Waals surface area contributed by atoms with Gasteiger partial charge in [0.1, 0.15) is 17.3 Å². The van der Waals surface area contributed by atoms with Crippen molar-refractivity contribution < 1.29 is 13.9 Å². The minimum Gasteiger partial charge on any atom is -0.442 e. The van der Waals surface area contributed by atoms with Crippen LogP contribution in [0.25, 0.3) is 0 Å². The summed E-state index contributed by atoms with van der Waals surface area (Å²) in [5.41, 5.74) is 1.88. The maximum Gasteiger partial charge on any atom is 0.428 e. The van der Waals surface area contributed by atoms with Gasteiger partial charge in [-0.25, -0.2) is 14.2 Å². The summed E-state index contributed by atoms with van der Waals surface area (Å²) >= 11 is 3.14. The maximum absolute atomic E-state index is 13.7. The lowest BCUT2D eigenvalue weighted by Gasteiger charge is -2.25. The van der Waals surface area contributed by atoms with E-state index in [1.165, 1.54) is 19.2 Å². The summed E-state index contributed by atoms with van der Waals surface area (Å²) in [6.45, 7) is 5.20. The molecule has 1 amide bonds. The van der Waals surface area contributed by atoms with Gasteiger partial charge in [0.05, 0.1) is 5.56 Å². The zero-order valence-corrected chi connectivity index (χ0v) is 14.6. The number of amides is 1. The third-order valence-electron chi connectivity index (χ3n) is 2.15. The predicted octanol–water partition coefficient (Wildman–Crippen LogP) is 3.71. The predicted molar refractivity (Wildman–Crippen MR) is 85.3 cm³/mol. The van der Waals surface area contributed by atoms with Crippen LogP contribution < -0.4 is 5.43 Å². The smallest absolute Gasteiger partial charge is 0.428 e. The molecule has 1 rings (SSSR count). The summed E-state index contributed by atoms with van der Waals surface area (Å²) in [5.74, 6) is -0.794. The van der Waals surface area contributed by atoms with Crippen molar-refractivity contribution >= 4 is 40.3 Å². The maximum atomic E-state index is 13.7. The van der Waals surface area contributed by atoms with Gasteiger partial charge in [-0.15, -0.1) is 12.4 Å². The van der Waals surface area contributed by atoms with Crippen molar-refractivity contribution in [3.05, 3.63) is 34.1 Å². The van der Waals surface area contributed by atoms with Gasteiger partial charge < -0.3 is 4.74 Å². The van der Waals surface area contributed by atoms with E-state index >= 15 is 0 Å². The van der Waals surface area contributed by atoms with Crippen LogP contribution in [0.2, 0.25) is 0 Å². The highest BCUT2D eigenvalue weighted by Crippen LogP contribution is 2.15. The molecule has 0 spiro atoms. The van der Waals surface area contributed by atoms with Crippen LogP contribution >= 0.6 is 28.3 Å².